The van der Waals surface area contributed by atoms with E-state index in [9.17, 15) is 0 Å². The smallest absolute Gasteiger partial charge is 0.118 e. The molecule has 4 nitrogen and oxygen atoms in total. The number of benzene rings is 1. The molecule has 1 saturated heterocycles. The van der Waals surface area contributed by atoms with Gasteiger partial charge in [0.15, 0.2) is 0 Å². The van der Waals surface area contributed by atoms with Crippen LogP contribution in [0.15, 0.2) is 24.3 Å². The second kappa shape index (κ2) is 6.31. The fourth-order valence-electron chi connectivity index (χ4n) is 3.01. The Morgan fingerprint density at radius 2 is 1.90 bits per heavy atom. The van der Waals surface area contributed by atoms with Gasteiger partial charge in [-0.15, -0.1) is 0 Å². The highest BCUT2D eigenvalue weighted by atomic mass is 16.5. The van der Waals surface area contributed by atoms with Gasteiger partial charge < -0.3 is 15.0 Å². The van der Waals surface area contributed by atoms with Crippen molar-refractivity contribution in [3.63, 3.8) is 0 Å². The van der Waals surface area contributed by atoms with Crippen molar-refractivity contribution in [2.24, 2.45) is 5.92 Å². The highest BCUT2D eigenvalue weighted by molar-refractivity contribution is 5.62. The normalized spacial score (nSPS) is 16.1. The van der Waals surface area contributed by atoms with E-state index in [2.05, 4.69) is 29.4 Å². The number of aromatic nitrogens is 2. The molecule has 1 fully saturated rings. The fraction of sp³-hybridized carbons (Fsp3) is 0.471. The Kier molecular flexibility index (Phi) is 4.25. The number of H-pyrrole nitrogens is 1. The Labute approximate surface area is 125 Å². The summed E-state index contributed by atoms with van der Waals surface area (Å²) in [6.45, 7) is 4.36. The van der Waals surface area contributed by atoms with Gasteiger partial charge in [0, 0.05) is 17.7 Å². The molecular weight excluding hydrogens is 262 g/mol. The van der Waals surface area contributed by atoms with Crippen molar-refractivity contribution in [2.75, 3.05) is 20.2 Å². The Morgan fingerprint density at radius 3 is 2.57 bits per heavy atom. The van der Waals surface area contributed by atoms with E-state index in [0.717, 1.165) is 54.0 Å². The standard InChI is InChI=1S/C17H23N3O/c1-12-17(14-3-5-15(21-2)6-4-14)20-16(19-12)11-13-7-9-18-10-8-13/h3-6,13,18H,7-11H2,1-2H3,(H,19,20). The summed E-state index contributed by atoms with van der Waals surface area (Å²) in [5, 5.41) is 3.41. The highest BCUT2D eigenvalue weighted by Gasteiger charge is 2.16. The number of piperidine rings is 1. The summed E-state index contributed by atoms with van der Waals surface area (Å²) in [6.07, 6.45) is 3.55. The zero-order chi connectivity index (χ0) is 14.7. The lowest BCUT2D eigenvalue weighted by Gasteiger charge is -2.21. The first-order valence-electron chi connectivity index (χ1n) is 7.67. The second-order valence-electron chi connectivity index (χ2n) is 5.78. The van der Waals surface area contributed by atoms with Crippen molar-refractivity contribution >= 4 is 0 Å². The maximum atomic E-state index is 5.21. The van der Waals surface area contributed by atoms with Gasteiger partial charge in [0.05, 0.1) is 12.8 Å². The molecule has 0 bridgehead atoms. The predicted octanol–water partition coefficient (Wildman–Crippen LogP) is 2.94. The van der Waals surface area contributed by atoms with Crippen LogP contribution in [0.5, 0.6) is 5.75 Å². The van der Waals surface area contributed by atoms with Gasteiger partial charge in [0.2, 0.25) is 0 Å². The van der Waals surface area contributed by atoms with Crippen LogP contribution in [0.3, 0.4) is 0 Å². The third-order valence-corrected chi connectivity index (χ3v) is 4.24. The Hall–Kier alpha value is -1.81. The minimum atomic E-state index is 0.750. The molecule has 1 aliphatic rings. The zero-order valence-corrected chi connectivity index (χ0v) is 12.8. The van der Waals surface area contributed by atoms with Gasteiger partial charge in [0.1, 0.15) is 11.6 Å². The van der Waals surface area contributed by atoms with E-state index in [1.807, 2.05) is 12.1 Å². The van der Waals surface area contributed by atoms with Crippen LogP contribution >= 0.6 is 0 Å². The number of methoxy groups -OCH3 is 1. The monoisotopic (exact) mass is 285 g/mol. The molecule has 1 aromatic heterocycles. The predicted molar refractivity (Wildman–Crippen MR) is 84.6 cm³/mol. The van der Waals surface area contributed by atoms with Crippen molar-refractivity contribution in [1.82, 2.24) is 15.3 Å². The first-order valence-corrected chi connectivity index (χ1v) is 7.67. The molecule has 4 heteroatoms. The van der Waals surface area contributed by atoms with Crippen molar-refractivity contribution < 1.29 is 4.74 Å². The molecule has 0 saturated carbocycles. The van der Waals surface area contributed by atoms with Gasteiger partial charge in [-0.2, -0.15) is 0 Å². The van der Waals surface area contributed by atoms with Gasteiger partial charge in [-0.05, 0) is 63.0 Å². The number of nitrogens with zero attached hydrogens (tertiary/aromatic N) is 1. The molecule has 0 amide bonds. The maximum Gasteiger partial charge on any atom is 0.118 e. The van der Waals surface area contributed by atoms with Gasteiger partial charge in [0.25, 0.3) is 0 Å². The number of hydrogen-bond acceptors (Lipinski definition) is 3. The molecule has 21 heavy (non-hydrogen) atoms. The minimum absolute atomic E-state index is 0.750. The zero-order valence-electron chi connectivity index (χ0n) is 12.8. The summed E-state index contributed by atoms with van der Waals surface area (Å²) >= 11 is 0. The lowest BCUT2D eigenvalue weighted by Crippen LogP contribution is -2.28. The molecule has 0 spiro atoms. The lowest BCUT2D eigenvalue weighted by molar-refractivity contribution is 0.368. The number of rotatable bonds is 4. The molecule has 0 aliphatic carbocycles. The molecule has 2 heterocycles. The number of hydrogen-bond donors (Lipinski definition) is 2. The molecule has 0 atom stereocenters. The number of aromatic amines is 1. The highest BCUT2D eigenvalue weighted by Crippen LogP contribution is 2.25. The van der Waals surface area contributed by atoms with Crippen LogP contribution < -0.4 is 10.1 Å². The fourth-order valence-corrected chi connectivity index (χ4v) is 3.01. The van der Waals surface area contributed by atoms with Crippen LogP contribution in [-0.2, 0) is 6.42 Å². The Bertz CT molecular complexity index is 583. The topological polar surface area (TPSA) is 49.9 Å². The molecule has 0 radical (unpaired) electrons. The van der Waals surface area contributed by atoms with Crippen molar-refractivity contribution in [1.29, 1.82) is 0 Å². The number of nitrogens with one attached hydrogen (secondary N) is 2. The quantitative estimate of drug-likeness (QED) is 0.908. The largest absolute Gasteiger partial charge is 0.497 e. The van der Waals surface area contributed by atoms with Crippen LogP contribution in [0.25, 0.3) is 11.3 Å². The van der Waals surface area contributed by atoms with Crippen molar-refractivity contribution in [2.45, 2.75) is 26.2 Å². The van der Waals surface area contributed by atoms with Gasteiger partial charge >= 0.3 is 0 Å². The lowest BCUT2D eigenvalue weighted by atomic mass is 9.94. The molecule has 2 N–H and O–H groups in total. The van der Waals surface area contributed by atoms with E-state index >= 15 is 0 Å². The molecular formula is C17H23N3O. The number of imidazole rings is 1. The Morgan fingerprint density at radius 1 is 1.19 bits per heavy atom. The summed E-state index contributed by atoms with van der Waals surface area (Å²) in [4.78, 5) is 8.27. The van der Waals surface area contributed by atoms with Gasteiger partial charge in [-0.3, -0.25) is 0 Å². The molecule has 1 aliphatic heterocycles. The summed E-state index contributed by atoms with van der Waals surface area (Å²) in [7, 11) is 1.69. The first kappa shape index (κ1) is 14.1. The third-order valence-electron chi connectivity index (χ3n) is 4.24. The Balaban J connectivity index is 1.76. The molecule has 3 rings (SSSR count). The van der Waals surface area contributed by atoms with Crippen molar-refractivity contribution in [3.8, 4) is 17.0 Å². The summed E-state index contributed by atoms with van der Waals surface area (Å²) in [5.74, 6) is 2.74. The summed E-state index contributed by atoms with van der Waals surface area (Å²) < 4.78 is 5.21. The van der Waals surface area contributed by atoms with Crippen molar-refractivity contribution in [3.05, 3.63) is 35.8 Å². The first-order chi connectivity index (χ1) is 10.3. The van der Waals surface area contributed by atoms with Crippen LogP contribution in [0.2, 0.25) is 0 Å². The van der Waals surface area contributed by atoms with E-state index in [-0.39, 0.29) is 0 Å². The van der Waals surface area contributed by atoms with E-state index < -0.39 is 0 Å². The SMILES string of the molecule is COc1ccc(-c2nc(CC3CCNCC3)[nH]c2C)cc1. The number of aryl methyl sites for hydroxylation is 1. The molecule has 1 aromatic carbocycles. The number of ether oxygens (including phenoxy) is 1. The van der Waals surface area contributed by atoms with E-state index in [4.69, 9.17) is 9.72 Å². The maximum absolute atomic E-state index is 5.21. The third kappa shape index (κ3) is 3.27. The minimum Gasteiger partial charge on any atom is -0.497 e. The second-order valence-corrected chi connectivity index (χ2v) is 5.78. The average Bonchev–Trinajstić information content (AvgIpc) is 2.89. The van der Waals surface area contributed by atoms with E-state index in [0.29, 0.717) is 0 Å². The van der Waals surface area contributed by atoms with Gasteiger partial charge in [-0.25, -0.2) is 4.98 Å². The van der Waals surface area contributed by atoms with Crippen LogP contribution in [-0.4, -0.2) is 30.2 Å². The molecule has 0 unspecified atom stereocenters. The van der Waals surface area contributed by atoms with Crippen LogP contribution in [0.1, 0.15) is 24.4 Å². The van der Waals surface area contributed by atoms with Crippen LogP contribution in [0.4, 0.5) is 0 Å². The molecule has 112 valence electrons. The van der Waals surface area contributed by atoms with E-state index in [1.54, 1.807) is 7.11 Å². The van der Waals surface area contributed by atoms with E-state index in [1.165, 1.54) is 12.8 Å². The summed E-state index contributed by atoms with van der Waals surface area (Å²) in [6, 6.07) is 8.10. The summed E-state index contributed by atoms with van der Waals surface area (Å²) in [5.41, 5.74) is 3.34. The molecule has 2 aromatic rings. The van der Waals surface area contributed by atoms with Crippen LogP contribution in [0, 0.1) is 12.8 Å². The van der Waals surface area contributed by atoms with Gasteiger partial charge in [-0.1, -0.05) is 0 Å². The average molecular weight is 285 g/mol.